The van der Waals surface area contributed by atoms with E-state index in [1.807, 2.05) is 37.4 Å². The molecule has 0 aliphatic carbocycles. The van der Waals surface area contributed by atoms with Crippen LogP contribution in [0.1, 0.15) is 28.5 Å². The van der Waals surface area contributed by atoms with Crippen molar-refractivity contribution in [2.75, 3.05) is 12.4 Å². The number of hydrogen-bond acceptors (Lipinski definition) is 11. The molecule has 0 spiro atoms. The number of anilines is 1. The lowest BCUT2D eigenvalue weighted by molar-refractivity contribution is -0.384. The van der Waals surface area contributed by atoms with Crippen molar-refractivity contribution in [1.29, 1.82) is 0 Å². The molecule has 3 aromatic carbocycles. The predicted molar refractivity (Wildman–Crippen MR) is 164 cm³/mol. The number of benzene rings is 3. The van der Waals surface area contributed by atoms with Crippen LogP contribution in [0.3, 0.4) is 0 Å². The minimum absolute atomic E-state index is 0.00454. The molecular weight excluding hydrogens is 594 g/mol. The monoisotopic (exact) mass is 619 g/mol. The van der Waals surface area contributed by atoms with Gasteiger partial charge in [-0.05, 0) is 36.8 Å². The maximum absolute atomic E-state index is 13.1. The number of nitro groups is 1. The number of nitrogens with one attached hydrogen (secondary N) is 1. The second-order valence-electron chi connectivity index (χ2n) is 10.2. The van der Waals surface area contributed by atoms with Gasteiger partial charge in [0.1, 0.15) is 11.4 Å². The molecule has 0 fully saturated rings. The number of ether oxygens (including phenoxy) is 1. The summed E-state index contributed by atoms with van der Waals surface area (Å²) in [5, 5.41) is 30.9. The summed E-state index contributed by atoms with van der Waals surface area (Å²) in [5.74, 6) is -1.26. The molecule has 3 aromatic heterocycles. The average Bonchev–Trinajstić information content (AvgIpc) is 3.80. The molecule has 1 amide bonds. The highest BCUT2D eigenvalue weighted by atomic mass is 16.6. The third-order valence-electron chi connectivity index (χ3n) is 6.88. The lowest BCUT2D eigenvalue weighted by Gasteiger charge is -2.09. The maximum atomic E-state index is 13.1. The number of hydrogen-bond donors (Lipinski definition) is 1. The van der Waals surface area contributed by atoms with Gasteiger partial charge in [0.15, 0.2) is 11.4 Å². The number of carbonyl (C=O) groups is 2. The molecule has 15 nitrogen and oxygen atoms in total. The molecule has 1 N–H and O–H groups in total. The normalized spacial score (nSPS) is 10.9. The largest absolute Gasteiger partial charge is 0.464 e. The summed E-state index contributed by atoms with van der Waals surface area (Å²) in [6.45, 7) is 3.84. The summed E-state index contributed by atoms with van der Waals surface area (Å²) >= 11 is 0. The van der Waals surface area contributed by atoms with Crippen LogP contribution in [0.25, 0.3) is 39.9 Å². The number of methoxy groups -OCH3 is 1. The minimum Gasteiger partial charge on any atom is -0.464 e. The van der Waals surface area contributed by atoms with Crippen molar-refractivity contribution >= 4 is 23.3 Å². The van der Waals surface area contributed by atoms with Crippen LogP contribution in [-0.4, -0.2) is 58.8 Å². The molecule has 0 atom stereocenters. The quantitative estimate of drug-likeness (QED) is 0.132. The van der Waals surface area contributed by atoms with E-state index in [0.717, 1.165) is 11.1 Å². The minimum atomic E-state index is -0.781. The Morgan fingerprint density at radius 2 is 1.83 bits per heavy atom. The first-order valence-electron chi connectivity index (χ1n) is 13.8. The number of nitrogens with zero attached hydrogens (tertiary/aromatic N) is 8. The van der Waals surface area contributed by atoms with Crippen molar-refractivity contribution in [2.45, 2.75) is 20.4 Å². The van der Waals surface area contributed by atoms with E-state index in [1.54, 1.807) is 22.9 Å². The Labute approximate surface area is 260 Å². The van der Waals surface area contributed by atoms with E-state index < -0.39 is 16.8 Å². The zero-order chi connectivity index (χ0) is 32.4. The lowest BCUT2D eigenvalue weighted by Crippen LogP contribution is -2.15. The number of nitro benzene ring substituents is 1. The molecule has 0 aliphatic heterocycles. The summed E-state index contributed by atoms with van der Waals surface area (Å²) < 4.78 is 13.5. The first kappa shape index (κ1) is 29.6. The molecule has 230 valence electrons. The van der Waals surface area contributed by atoms with Gasteiger partial charge in [-0.25, -0.2) is 14.2 Å². The molecule has 0 saturated carbocycles. The fourth-order valence-corrected chi connectivity index (χ4v) is 4.81. The van der Waals surface area contributed by atoms with Crippen molar-refractivity contribution in [2.24, 2.45) is 0 Å². The third kappa shape index (κ3) is 5.96. The molecule has 3 heterocycles. The van der Waals surface area contributed by atoms with Crippen molar-refractivity contribution in [3.8, 4) is 39.9 Å². The van der Waals surface area contributed by atoms with Gasteiger partial charge in [-0.2, -0.15) is 10.1 Å². The second kappa shape index (κ2) is 12.2. The van der Waals surface area contributed by atoms with Crippen molar-refractivity contribution < 1.29 is 23.8 Å². The maximum Gasteiger partial charge on any atom is 0.359 e. The zero-order valence-corrected chi connectivity index (χ0v) is 24.7. The first-order valence-corrected chi connectivity index (χ1v) is 13.8. The lowest BCUT2D eigenvalue weighted by atomic mass is 10.1. The van der Waals surface area contributed by atoms with Crippen molar-refractivity contribution in [3.05, 3.63) is 106 Å². The van der Waals surface area contributed by atoms with E-state index in [-0.39, 0.29) is 34.5 Å². The van der Waals surface area contributed by atoms with Gasteiger partial charge in [-0.1, -0.05) is 52.3 Å². The van der Waals surface area contributed by atoms with Gasteiger partial charge >= 0.3 is 5.97 Å². The van der Waals surface area contributed by atoms with Crippen molar-refractivity contribution in [1.82, 2.24) is 34.9 Å². The topological polar surface area (TPSA) is 186 Å². The van der Waals surface area contributed by atoms with Gasteiger partial charge in [-0.3, -0.25) is 14.9 Å². The number of aryl methyl sites for hydroxylation is 1. The zero-order valence-electron chi connectivity index (χ0n) is 24.7. The highest BCUT2D eigenvalue weighted by molar-refractivity contribution is 6.03. The molecule has 0 saturated heterocycles. The van der Waals surface area contributed by atoms with E-state index in [2.05, 4.69) is 36.9 Å². The van der Waals surface area contributed by atoms with Crippen LogP contribution in [0, 0.1) is 17.0 Å². The van der Waals surface area contributed by atoms with Crippen LogP contribution < -0.4 is 5.32 Å². The number of amides is 1. The number of esters is 1. The van der Waals surface area contributed by atoms with Crippen LogP contribution in [-0.2, 0) is 16.1 Å². The van der Waals surface area contributed by atoms with E-state index in [0.29, 0.717) is 29.1 Å². The average molecular weight is 620 g/mol. The highest BCUT2D eigenvalue weighted by Gasteiger charge is 2.30. The number of rotatable bonds is 9. The van der Waals surface area contributed by atoms with E-state index in [1.165, 1.54) is 43.0 Å². The predicted octanol–water partition coefficient (Wildman–Crippen LogP) is 4.86. The molecule has 15 heteroatoms. The molecule has 0 unspecified atom stereocenters. The molecule has 6 rings (SSSR count). The van der Waals surface area contributed by atoms with Crippen LogP contribution >= 0.6 is 0 Å². The SMILES string of the molecule is COC(=O)c1c(NC(C)=O)c(-c2noc(-c3ccc([N+](=O)[O-])cc3)n2)nn1-c1cccc(-c2cn(Cc3cccc(C)c3)nn2)c1. The summed E-state index contributed by atoms with van der Waals surface area (Å²) in [5.41, 5.74) is 4.23. The van der Waals surface area contributed by atoms with E-state index in [4.69, 9.17) is 9.26 Å². The van der Waals surface area contributed by atoms with Gasteiger partial charge in [0, 0.05) is 30.2 Å². The number of non-ortho nitro benzene ring substituents is 1. The first-order chi connectivity index (χ1) is 22.2. The standard InChI is InChI=1S/C31H25N9O6/c1-18-6-4-7-20(14-18)16-38-17-25(34-37-38)22-8-5-9-24(15-22)39-28(31(42)45-3)26(32-19(2)41)27(35-39)29-33-30(46-36-29)21-10-12-23(13-11-21)40(43)44/h4-15,17H,16H2,1-3H3,(H,32,41). The molecule has 0 bridgehead atoms. The van der Waals surface area contributed by atoms with E-state index in [9.17, 15) is 19.7 Å². The summed E-state index contributed by atoms with van der Waals surface area (Å²) in [4.78, 5) is 40.3. The van der Waals surface area contributed by atoms with Gasteiger partial charge in [-0.15, -0.1) is 5.10 Å². The van der Waals surface area contributed by atoms with Crippen LogP contribution in [0.15, 0.2) is 83.5 Å². The van der Waals surface area contributed by atoms with Crippen LogP contribution in [0.4, 0.5) is 11.4 Å². The Morgan fingerprint density at radius 3 is 2.54 bits per heavy atom. The molecular formula is C31H25N9O6. The van der Waals surface area contributed by atoms with E-state index >= 15 is 0 Å². The fourth-order valence-electron chi connectivity index (χ4n) is 4.81. The number of carbonyl (C=O) groups excluding carboxylic acids is 2. The third-order valence-corrected chi connectivity index (χ3v) is 6.88. The Kier molecular flexibility index (Phi) is 7.86. The van der Waals surface area contributed by atoms with Gasteiger partial charge in [0.25, 0.3) is 11.6 Å². The summed E-state index contributed by atoms with van der Waals surface area (Å²) in [7, 11) is 1.21. The van der Waals surface area contributed by atoms with Gasteiger partial charge in [0.05, 0.1) is 30.5 Å². The van der Waals surface area contributed by atoms with Gasteiger partial charge < -0.3 is 14.6 Å². The fraction of sp³-hybridized carbons (Fsp3) is 0.129. The van der Waals surface area contributed by atoms with Gasteiger partial charge in [0.2, 0.25) is 11.7 Å². The summed E-state index contributed by atoms with van der Waals surface area (Å²) in [6, 6.07) is 20.8. The summed E-state index contributed by atoms with van der Waals surface area (Å²) in [6.07, 6.45) is 1.82. The Morgan fingerprint density at radius 1 is 1.04 bits per heavy atom. The Balaban J connectivity index is 1.40. The second-order valence-corrected chi connectivity index (χ2v) is 10.2. The molecule has 0 aliphatic rings. The van der Waals surface area contributed by atoms with Crippen LogP contribution in [0.2, 0.25) is 0 Å². The Bertz CT molecular complexity index is 2100. The molecule has 46 heavy (non-hydrogen) atoms. The molecule has 0 radical (unpaired) electrons. The molecule has 6 aromatic rings. The number of aromatic nitrogens is 7. The van der Waals surface area contributed by atoms with Crippen LogP contribution in [0.5, 0.6) is 0 Å². The Hall–Kier alpha value is -6.51. The smallest absolute Gasteiger partial charge is 0.359 e. The highest BCUT2D eigenvalue weighted by Crippen LogP contribution is 2.34. The van der Waals surface area contributed by atoms with Crippen molar-refractivity contribution in [3.63, 3.8) is 0 Å².